The molecule has 0 unspecified atom stereocenters. The molecule has 20 heavy (non-hydrogen) atoms. The molecule has 2 heterocycles. The lowest BCUT2D eigenvalue weighted by Crippen LogP contribution is -2.13. The van der Waals surface area contributed by atoms with E-state index in [1.165, 1.54) is 0 Å². The fraction of sp³-hybridized carbons (Fsp3) is 0.0769. The van der Waals surface area contributed by atoms with E-state index < -0.39 is 0 Å². The van der Waals surface area contributed by atoms with E-state index in [-0.39, 0.29) is 11.1 Å². The summed E-state index contributed by atoms with van der Waals surface area (Å²) < 4.78 is 0. The topological polar surface area (TPSA) is 92.8 Å². The number of amidine groups is 1. The molecule has 0 bridgehead atoms. The van der Waals surface area contributed by atoms with Gasteiger partial charge in [0.15, 0.2) is 11.7 Å². The third-order valence-corrected chi connectivity index (χ3v) is 2.92. The van der Waals surface area contributed by atoms with Gasteiger partial charge in [-0.2, -0.15) is 10.1 Å². The summed E-state index contributed by atoms with van der Waals surface area (Å²) in [5.41, 5.74) is 8.14. The number of aliphatic imine (C=N–C) groups is 1. The first-order chi connectivity index (χ1) is 9.63. The lowest BCUT2D eigenvalue weighted by Gasteiger charge is -2.02. The number of benzene rings is 1. The third kappa shape index (κ3) is 2.33. The van der Waals surface area contributed by atoms with Gasteiger partial charge in [0.2, 0.25) is 5.28 Å². The Morgan fingerprint density at radius 1 is 1.30 bits per heavy atom. The van der Waals surface area contributed by atoms with E-state index in [1.54, 1.807) is 0 Å². The van der Waals surface area contributed by atoms with E-state index >= 15 is 0 Å². The zero-order valence-electron chi connectivity index (χ0n) is 10.6. The number of rotatable bonds is 2. The smallest absolute Gasteiger partial charge is 0.224 e. The molecule has 3 rings (SSSR count). The van der Waals surface area contributed by atoms with Crippen LogP contribution >= 0.6 is 11.6 Å². The summed E-state index contributed by atoms with van der Waals surface area (Å²) in [6, 6.07) is 9.28. The van der Waals surface area contributed by atoms with Gasteiger partial charge < -0.3 is 5.73 Å². The van der Waals surface area contributed by atoms with E-state index in [0.717, 1.165) is 16.6 Å². The van der Waals surface area contributed by atoms with E-state index in [0.29, 0.717) is 11.5 Å². The molecule has 0 aliphatic rings. The molecule has 0 saturated heterocycles. The predicted molar refractivity (Wildman–Crippen MR) is 78.3 cm³/mol. The van der Waals surface area contributed by atoms with Crippen LogP contribution in [0.3, 0.4) is 0 Å². The Bertz CT molecular complexity index is 807. The van der Waals surface area contributed by atoms with E-state index in [4.69, 9.17) is 17.3 Å². The largest absolute Gasteiger partial charge is 0.382 e. The Hall–Kier alpha value is -2.47. The molecular formula is C13H11ClN6. The Morgan fingerprint density at radius 3 is 2.85 bits per heavy atom. The van der Waals surface area contributed by atoms with Crippen molar-refractivity contribution in [1.29, 1.82) is 0 Å². The number of aromatic amines is 1. The molecule has 0 spiro atoms. The maximum absolute atomic E-state index is 5.95. The van der Waals surface area contributed by atoms with Crippen molar-refractivity contribution in [2.24, 2.45) is 10.7 Å². The van der Waals surface area contributed by atoms with Gasteiger partial charge in [-0.05, 0) is 36.7 Å². The van der Waals surface area contributed by atoms with E-state index in [2.05, 4.69) is 25.2 Å². The van der Waals surface area contributed by atoms with Crippen molar-refractivity contribution in [2.45, 2.75) is 6.92 Å². The minimum Gasteiger partial charge on any atom is -0.382 e. The number of aryl methyl sites for hydroxylation is 1. The monoisotopic (exact) mass is 286 g/mol. The second-order valence-electron chi connectivity index (χ2n) is 4.27. The zero-order chi connectivity index (χ0) is 14.1. The Balaban J connectivity index is 2.14. The van der Waals surface area contributed by atoms with Crippen molar-refractivity contribution in [3.05, 3.63) is 47.0 Å². The maximum Gasteiger partial charge on any atom is 0.224 e. The zero-order valence-corrected chi connectivity index (χ0v) is 11.4. The highest BCUT2D eigenvalue weighted by Crippen LogP contribution is 2.24. The summed E-state index contributed by atoms with van der Waals surface area (Å²) in [5, 5.41) is 7.79. The van der Waals surface area contributed by atoms with Gasteiger partial charge in [-0.25, -0.2) is 9.98 Å². The lowest BCUT2D eigenvalue weighted by molar-refractivity contribution is 1.04. The van der Waals surface area contributed by atoms with Gasteiger partial charge in [0.05, 0.1) is 5.52 Å². The molecule has 0 atom stereocenters. The number of fused-ring (bicyclic) bond motifs is 1. The van der Waals surface area contributed by atoms with Gasteiger partial charge in [0.25, 0.3) is 0 Å². The van der Waals surface area contributed by atoms with Crippen LogP contribution in [0.4, 0.5) is 5.82 Å². The highest BCUT2D eigenvalue weighted by atomic mass is 35.5. The number of nitrogens with one attached hydrogen (secondary N) is 1. The van der Waals surface area contributed by atoms with Crippen LogP contribution in [0.25, 0.3) is 10.9 Å². The molecule has 0 amide bonds. The molecule has 0 aliphatic carbocycles. The second kappa shape index (κ2) is 4.90. The van der Waals surface area contributed by atoms with Crippen molar-refractivity contribution < 1.29 is 0 Å². The summed E-state index contributed by atoms with van der Waals surface area (Å²) in [5.74, 6) is 0.702. The van der Waals surface area contributed by atoms with Crippen LogP contribution in [0.5, 0.6) is 0 Å². The molecule has 3 N–H and O–H groups in total. The van der Waals surface area contributed by atoms with Crippen LogP contribution in [-0.4, -0.2) is 26.0 Å². The molecular weight excluding hydrogens is 276 g/mol. The van der Waals surface area contributed by atoms with Crippen molar-refractivity contribution in [1.82, 2.24) is 20.2 Å². The number of nitrogens with zero attached hydrogens (tertiary/aromatic N) is 4. The van der Waals surface area contributed by atoms with Crippen molar-refractivity contribution in [3.63, 3.8) is 0 Å². The summed E-state index contributed by atoms with van der Waals surface area (Å²) in [6.45, 7) is 1.89. The van der Waals surface area contributed by atoms with Gasteiger partial charge in [0, 0.05) is 11.1 Å². The van der Waals surface area contributed by atoms with E-state index in [9.17, 15) is 0 Å². The summed E-state index contributed by atoms with van der Waals surface area (Å²) in [7, 11) is 0. The standard InChI is InChI=1S/C13H11ClN6/c1-7-6-10(20-19-7)11(15)17-12-8-4-2-3-5-9(8)16-13(14)18-12/h2-6H,1H3,(H,19,20)(H2,15,16,17,18). The number of halogens is 1. The van der Waals surface area contributed by atoms with Crippen molar-refractivity contribution >= 4 is 34.2 Å². The summed E-state index contributed by atoms with van der Waals surface area (Å²) >= 11 is 5.90. The highest BCUT2D eigenvalue weighted by Gasteiger charge is 2.08. The number of hydrogen-bond acceptors (Lipinski definition) is 4. The summed E-state index contributed by atoms with van der Waals surface area (Å²) in [6.07, 6.45) is 0. The molecule has 6 nitrogen and oxygen atoms in total. The number of H-pyrrole nitrogens is 1. The van der Waals surface area contributed by atoms with E-state index in [1.807, 2.05) is 37.3 Å². The molecule has 100 valence electrons. The van der Waals surface area contributed by atoms with Gasteiger partial charge in [-0.3, -0.25) is 5.10 Å². The quantitative estimate of drug-likeness (QED) is 0.430. The first-order valence-corrected chi connectivity index (χ1v) is 6.30. The highest BCUT2D eigenvalue weighted by molar-refractivity contribution is 6.28. The average molecular weight is 287 g/mol. The van der Waals surface area contributed by atoms with Crippen LogP contribution in [0.2, 0.25) is 5.28 Å². The Labute approximate surface area is 119 Å². The van der Waals surface area contributed by atoms with Crippen LogP contribution in [-0.2, 0) is 0 Å². The van der Waals surface area contributed by atoms with Crippen LogP contribution < -0.4 is 5.73 Å². The number of aromatic nitrogens is 4. The molecule has 0 aliphatic heterocycles. The third-order valence-electron chi connectivity index (χ3n) is 2.75. The minimum atomic E-state index is 0.133. The second-order valence-corrected chi connectivity index (χ2v) is 4.60. The first kappa shape index (κ1) is 12.6. The fourth-order valence-corrected chi connectivity index (χ4v) is 2.01. The van der Waals surface area contributed by atoms with Crippen LogP contribution in [0.1, 0.15) is 11.4 Å². The number of nitrogens with two attached hydrogens (primary N) is 1. The molecule has 0 fully saturated rings. The maximum atomic E-state index is 5.95. The van der Waals surface area contributed by atoms with Gasteiger partial charge in [-0.1, -0.05) is 12.1 Å². The normalized spacial score (nSPS) is 12.0. The van der Waals surface area contributed by atoms with Crippen LogP contribution in [0, 0.1) is 6.92 Å². The molecule has 0 radical (unpaired) electrons. The first-order valence-electron chi connectivity index (χ1n) is 5.92. The Kier molecular flexibility index (Phi) is 3.08. The molecule has 7 heteroatoms. The van der Waals surface area contributed by atoms with Crippen LogP contribution in [0.15, 0.2) is 35.3 Å². The molecule has 3 aromatic rings. The van der Waals surface area contributed by atoms with Gasteiger partial charge >= 0.3 is 0 Å². The molecule has 1 aromatic carbocycles. The number of para-hydroxylation sites is 1. The fourth-order valence-electron chi connectivity index (χ4n) is 1.84. The minimum absolute atomic E-state index is 0.133. The SMILES string of the molecule is Cc1cc(C(N)=Nc2nc(Cl)nc3ccccc23)n[nH]1. The van der Waals surface area contributed by atoms with Gasteiger partial charge in [-0.15, -0.1) is 0 Å². The number of hydrogen-bond donors (Lipinski definition) is 2. The Morgan fingerprint density at radius 2 is 2.10 bits per heavy atom. The predicted octanol–water partition coefficient (Wildman–Crippen LogP) is 2.35. The molecule has 2 aromatic heterocycles. The lowest BCUT2D eigenvalue weighted by atomic mass is 10.2. The van der Waals surface area contributed by atoms with Crippen molar-refractivity contribution in [2.75, 3.05) is 0 Å². The van der Waals surface area contributed by atoms with Crippen molar-refractivity contribution in [3.8, 4) is 0 Å². The summed E-state index contributed by atoms with van der Waals surface area (Å²) in [4.78, 5) is 12.6. The average Bonchev–Trinajstić information content (AvgIpc) is 2.85. The van der Waals surface area contributed by atoms with Gasteiger partial charge in [0.1, 0.15) is 5.69 Å². The molecule has 0 saturated carbocycles.